The lowest BCUT2D eigenvalue weighted by atomic mass is 10.5. The minimum absolute atomic E-state index is 0.0324. The summed E-state index contributed by atoms with van der Waals surface area (Å²) in [5, 5.41) is 0. The van der Waals surface area contributed by atoms with Crippen LogP contribution in [0.1, 0.15) is 0 Å². The Hall–Kier alpha value is -0.620. The second-order valence-corrected chi connectivity index (χ2v) is 3.36. The van der Waals surface area contributed by atoms with Crippen LogP contribution in [0.3, 0.4) is 0 Å². The molecule has 0 heterocycles. The van der Waals surface area contributed by atoms with Crippen LogP contribution in [0.4, 0.5) is 4.48 Å². The van der Waals surface area contributed by atoms with Crippen molar-refractivity contribution in [1.82, 2.24) is 4.94 Å². The molecule has 0 amide bonds. The van der Waals surface area contributed by atoms with Gasteiger partial charge in [0.05, 0.1) is 4.91 Å². The minimum atomic E-state index is -3.52. The van der Waals surface area contributed by atoms with E-state index in [1.165, 1.54) is 12.2 Å². The van der Waals surface area contributed by atoms with E-state index >= 15 is 0 Å². The summed E-state index contributed by atoms with van der Waals surface area (Å²) in [7, 11) is -3.52. The van der Waals surface area contributed by atoms with E-state index in [-0.39, 0.29) is 4.91 Å². The summed E-state index contributed by atoms with van der Waals surface area (Å²) in [6, 6.07) is 0. The molecule has 11 heavy (non-hydrogen) atoms. The molecule has 0 fully saturated rings. The smallest absolute Gasteiger partial charge is 0.0769 e. The highest BCUT2D eigenvalue weighted by molar-refractivity contribution is 8.26. The van der Waals surface area contributed by atoms with Crippen molar-refractivity contribution in [3.8, 4) is 0 Å². The zero-order chi connectivity index (χ0) is 8.91. The molecular weight excluding hydrogens is 169 g/mol. The van der Waals surface area contributed by atoms with Gasteiger partial charge in [-0.1, -0.05) is 30.0 Å². The molecule has 0 aliphatic rings. The largest absolute Gasteiger partial charge is 0.280 e. The molecule has 0 saturated heterocycles. The van der Waals surface area contributed by atoms with Crippen molar-refractivity contribution in [2.45, 2.75) is 0 Å². The standard InChI is InChI=1S/C6H10FNO2S/c1-3-5-6(4-2)11(9,10)8-7/h3-5,8-10H,1-2H2/b6-5+. The first-order valence-corrected chi connectivity index (χ1v) is 4.24. The molecule has 0 atom stereocenters. The molecule has 0 rings (SSSR count). The van der Waals surface area contributed by atoms with E-state index in [2.05, 4.69) is 13.2 Å². The van der Waals surface area contributed by atoms with Gasteiger partial charge in [-0.3, -0.25) is 9.11 Å². The van der Waals surface area contributed by atoms with Gasteiger partial charge in [0.15, 0.2) is 0 Å². The zero-order valence-electron chi connectivity index (χ0n) is 5.83. The number of nitrogens with one attached hydrogen (secondary N) is 1. The molecule has 0 aromatic carbocycles. The third-order valence-corrected chi connectivity index (χ3v) is 2.09. The fourth-order valence-corrected chi connectivity index (χ4v) is 1.05. The maximum absolute atomic E-state index is 11.7. The van der Waals surface area contributed by atoms with Gasteiger partial charge in [0.25, 0.3) is 0 Å². The van der Waals surface area contributed by atoms with E-state index in [4.69, 9.17) is 9.11 Å². The summed E-state index contributed by atoms with van der Waals surface area (Å²) in [5.74, 6) is 0. The summed E-state index contributed by atoms with van der Waals surface area (Å²) in [5.41, 5.74) is 0. The van der Waals surface area contributed by atoms with E-state index in [0.29, 0.717) is 0 Å². The van der Waals surface area contributed by atoms with Gasteiger partial charge in [-0.05, 0) is 17.1 Å². The molecule has 0 aromatic heterocycles. The monoisotopic (exact) mass is 179 g/mol. The molecule has 0 aliphatic carbocycles. The molecule has 0 unspecified atom stereocenters. The Morgan fingerprint density at radius 1 is 1.45 bits per heavy atom. The second kappa shape index (κ2) is 4.30. The Morgan fingerprint density at radius 3 is 2.27 bits per heavy atom. The van der Waals surface area contributed by atoms with Crippen molar-refractivity contribution < 1.29 is 13.6 Å². The molecule has 0 radical (unpaired) electrons. The van der Waals surface area contributed by atoms with Gasteiger partial charge in [0.2, 0.25) is 0 Å². The molecule has 0 saturated carbocycles. The van der Waals surface area contributed by atoms with Crippen LogP contribution < -0.4 is 4.94 Å². The minimum Gasteiger partial charge on any atom is -0.280 e. The average Bonchev–Trinajstić information content (AvgIpc) is 2.00. The molecular formula is C6H10FNO2S. The lowest BCUT2D eigenvalue weighted by molar-refractivity contribution is 0.378. The van der Waals surface area contributed by atoms with E-state index in [0.717, 1.165) is 11.0 Å². The number of rotatable bonds is 4. The van der Waals surface area contributed by atoms with Crippen molar-refractivity contribution in [2.24, 2.45) is 0 Å². The van der Waals surface area contributed by atoms with Gasteiger partial charge in [-0.2, -0.15) is 0 Å². The van der Waals surface area contributed by atoms with Crippen molar-refractivity contribution in [3.05, 3.63) is 36.3 Å². The Kier molecular flexibility index (Phi) is 4.06. The number of halogens is 1. The van der Waals surface area contributed by atoms with Crippen molar-refractivity contribution in [2.75, 3.05) is 0 Å². The molecule has 0 spiro atoms. The van der Waals surface area contributed by atoms with Gasteiger partial charge in [0, 0.05) is 0 Å². The first-order valence-electron chi connectivity index (χ1n) is 2.69. The second-order valence-electron chi connectivity index (χ2n) is 1.63. The molecule has 3 N–H and O–H groups in total. The van der Waals surface area contributed by atoms with Gasteiger partial charge in [-0.25, -0.2) is 0 Å². The van der Waals surface area contributed by atoms with Gasteiger partial charge < -0.3 is 0 Å². The average molecular weight is 179 g/mol. The van der Waals surface area contributed by atoms with Crippen LogP contribution in [0.15, 0.2) is 36.3 Å². The highest BCUT2D eigenvalue weighted by atomic mass is 32.3. The Morgan fingerprint density at radius 2 is 2.00 bits per heavy atom. The first-order chi connectivity index (χ1) is 5.08. The maximum Gasteiger partial charge on any atom is 0.0769 e. The Balaban J connectivity index is 4.62. The van der Waals surface area contributed by atoms with Gasteiger partial charge in [0.1, 0.15) is 0 Å². The van der Waals surface area contributed by atoms with Crippen LogP contribution in [-0.2, 0) is 0 Å². The molecule has 5 heteroatoms. The van der Waals surface area contributed by atoms with Crippen molar-refractivity contribution in [1.29, 1.82) is 0 Å². The predicted octanol–water partition coefficient (Wildman–Crippen LogP) is 2.38. The van der Waals surface area contributed by atoms with Crippen molar-refractivity contribution in [3.63, 3.8) is 0 Å². The van der Waals surface area contributed by atoms with Crippen molar-refractivity contribution >= 4 is 10.8 Å². The summed E-state index contributed by atoms with van der Waals surface area (Å²) in [4.78, 5) is 0.852. The topological polar surface area (TPSA) is 52.5 Å². The quantitative estimate of drug-likeness (QED) is 0.458. The summed E-state index contributed by atoms with van der Waals surface area (Å²) in [6.45, 7) is 6.58. The maximum atomic E-state index is 11.7. The van der Waals surface area contributed by atoms with Gasteiger partial charge in [-0.15, -0.1) is 4.48 Å². The van der Waals surface area contributed by atoms with E-state index in [1.807, 2.05) is 0 Å². The molecule has 0 bridgehead atoms. The highest BCUT2D eigenvalue weighted by Crippen LogP contribution is 2.43. The number of hydrogen-bond acceptors (Lipinski definition) is 3. The third-order valence-electron chi connectivity index (χ3n) is 0.920. The Labute approximate surface area is 66.3 Å². The summed E-state index contributed by atoms with van der Waals surface area (Å²) in [6.07, 6.45) is 3.71. The lowest BCUT2D eigenvalue weighted by Crippen LogP contribution is -2.11. The van der Waals surface area contributed by atoms with Crippen LogP contribution in [0.2, 0.25) is 0 Å². The molecule has 0 aliphatic heterocycles. The predicted molar refractivity (Wildman–Crippen MR) is 45.6 cm³/mol. The third kappa shape index (κ3) is 2.85. The lowest BCUT2D eigenvalue weighted by Gasteiger charge is -2.28. The zero-order valence-corrected chi connectivity index (χ0v) is 6.64. The SMILES string of the molecule is C=C/C=C(\C=C)S(O)(O)NF. The molecule has 3 nitrogen and oxygen atoms in total. The summed E-state index contributed by atoms with van der Waals surface area (Å²) < 4.78 is 29.5. The van der Waals surface area contributed by atoms with Crippen LogP contribution in [0, 0.1) is 0 Å². The van der Waals surface area contributed by atoms with E-state index in [1.54, 1.807) is 0 Å². The van der Waals surface area contributed by atoms with Crippen LogP contribution in [0.25, 0.3) is 0 Å². The van der Waals surface area contributed by atoms with Crippen LogP contribution in [-0.4, -0.2) is 9.11 Å². The van der Waals surface area contributed by atoms with E-state index < -0.39 is 10.8 Å². The fraction of sp³-hybridized carbons (Fsp3) is 0. The normalized spacial score (nSPS) is 14.3. The first kappa shape index (κ1) is 10.4. The fourth-order valence-electron chi connectivity index (χ4n) is 0.440. The van der Waals surface area contributed by atoms with Crippen LogP contribution >= 0.6 is 10.8 Å². The van der Waals surface area contributed by atoms with Gasteiger partial charge >= 0.3 is 0 Å². The van der Waals surface area contributed by atoms with Crippen LogP contribution in [0.5, 0.6) is 0 Å². The molecule has 0 aromatic rings. The summed E-state index contributed by atoms with van der Waals surface area (Å²) >= 11 is 0. The highest BCUT2D eigenvalue weighted by Gasteiger charge is 2.13. The molecule has 64 valence electrons. The Bertz CT molecular complexity index is 191. The number of allylic oxidation sites excluding steroid dienone is 3. The number of hydrogen-bond donors (Lipinski definition) is 3. The van der Waals surface area contributed by atoms with E-state index in [9.17, 15) is 4.48 Å².